The molecule has 0 saturated heterocycles. The van der Waals surface area contributed by atoms with Gasteiger partial charge in [-0.05, 0) is 19.4 Å². The first-order valence-electron chi connectivity index (χ1n) is 3.93. The Kier molecular flexibility index (Phi) is 2.53. The minimum atomic E-state index is 0.947. The van der Waals surface area contributed by atoms with Gasteiger partial charge in [-0.2, -0.15) is 0 Å². The fourth-order valence-electron chi connectivity index (χ4n) is 1.41. The zero-order valence-electron chi connectivity index (χ0n) is 7.30. The molecular weight excluding hydrogens is 134 g/mol. The smallest absolute Gasteiger partial charge is 0.0387 e. The molecule has 0 amide bonds. The highest BCUT2D eigenvalue weighted by atomic mass is 15.1. The first-order valence-corrected chi connectivity index (χ1v) is 3.93. The Balaban J connectivity index is 2.62. The van der Waals surface area contributed by atoms with Crippen molar-refractivity contribution in [1.82, 2.24) is 4.90 Å². The molecule has 0 aromatic heterocycles. The molecule has 1 aliphatic rings. The summed E-state index contributed by atoms with van der Waals surface area (Å²) < 4.78 is 0. The number of allylic oxidation sites excluding steroid dienone is 2. The van der Waals surface area contributed by atoms with Crippen LogP contribution in [-0.2, 0) is 0 Å². The van der Waals surface area contributed by atoms with Crippen LogP contribution < -0.4 is 0 Å². The maximum atomic E-state index is 3.71. The van der Waals surface area contributed by atoms with Gasteiger partial charge in [0.1, 0.15) is 0 Å². The van der Waals surface area contributed by atoms with Crippen molar-refractivity contribution in [3.8, 4) is 0 Å². The van der Waals surface area contributed by atoms with Crippen molar-refractivity contribution in [2.45, 2.75) is 13.8 Å². The van der Waals surface area contributed by atoms with Gasteiger partial charge in [0, 0.05) is 19.3 Å². The van der Waals surface area contributed by atoms with Gasteiger partial charge in [-0.25, -0.2) is 0 Å². The second-order valence-corrected chi connectivity index (χ2v) is 3.08. The lowest BCUT2D eigenvalue weighted by Gasteiger charge is -2.23. The predicted octanol–water partition coefficient (Wildman–Crippen LogP) is 2.34. The van der Waals surface area contributed by atoms with E-state index in [4.69, 9.17) is 0 Å². The van der Waals surface area contributed by atoms with Gasteiger partial charge in [-0.1, -0.05) is 17.7 Å². The van der Waals surface area contributed by atoms with E-state index in [2.05, 4.69) is 37.6 Å². The summed E-state index contributed by atoms with van der Waals surface area (Å²) in [5.74, 6) is 0. The molecule has 0 atom stereocenters. The van der Waals surface area contributed by atoms with Crippen LogP contribution in [0.2, 0.25) is 0 Å². The van der Waals surface area contributed by atoms with Crippen LogP contribution in [0.4, 0.5) is 0 Å². The number of hydrogen-bond acceptors (Lipinski definition) is 1. The molecule has 0 radical (unpaired) electrons. The minimum Gasteiger partial charge on any atom is -0.369 e. The summed E-state index contributed by atoms with van der Waals surface area (Å²) in [6, 6.07) is 0. The van der Waals surface area contributed by atoms with E-state index >= 15 is 0 Å². The first-order chi connectivity index (χ1) is 5.22. The van der Waals surface area contributed by atoms with Crippen LogP contribution in [0.1, 0.15) is 13.8 Å². The van der Waals surface area contributed by atoms with E-state index in [-0.39, 0.29) is 0 Å². The Hall–Kier alpha value is -0.980. The second kappa shape index (κ2) is 3.42. The van der Waals surface area contributed by atoms with Gasteiger partial charge in [0.25, 0.3) is 0 Å². The van der Waals surface area contributed by atoms with E-state index in [1.807, 2.05) is 6.08 Å². The number of nitrogens with zero attached hydrogens (tertiary/aromatic N) is 1. The Labute approximate surface area is 68.7 Å². The Morgan fingerprint density at radius 2 is 2.36 bits per heavy atom. The van der Waals surface area contributed by atoms with Gasteiger partial charge in [-0.15, -0.1) is 6.58 Å². The molecule has 0 saturated carbocycles. The summed E-state index contributed by atoms with van der Waals surface area (Å²) in [7, 11) is 0. The van der Waals surface area contributed by atoms with E-state index in [0.717, 1.165) is 13.1 Å². The third-order valence-electron chi connectivity index (χ3n) is 1.68. The first kappa shape index (κ1) is 8.12. The number of hydrogen-bond donors (Lipinski definition) is 0. The molecule has 1 heterocycles. The average molecular weight is 149 g/mol. The highest BCUT2D eigenvalue weighted by Gasteiger charge is 2.03. The van der Waals surface area contributed by atoms with Gasteiger partial charge in [0.2, 0.25) is 0 Å². The Morgan fingerprint density at radius 1 is 1.64 bits per heavy atom. The summed E-state index contributed by atoms with van der Waals surface area (Å²) >= 11 is 0. The van der Waals surface area contributed by atoms with E-state index < -0.39 is 0 Å². The second-order valence-electron chi connectivity index (χ2n) is 3.08. The van der Waals surface area contributed by atoms with Gasteiger partial charge >= 0.3 is 0 Å². The van der Waals surface area contributed by atoms with Gasteiger partial charge in [-0.3, -0.25) is 0 Å². The molecule has 0 bridgehead atoms. The van der Waals surface area contributed by atoms with Gasteiger partial charge in [0.15, 0.2) is 0 Å². The molecule has 0 aromatic carbocycles. The van der Waals surface area contributed by atoms with Crippen molar-refractivity contribution in [3.05, 3.63) is 36.1 Å². The van der Waals surface area contributed by atoms with E-state index in [0.29, 0.717) is 0 Å². The molecule has 0 N–H and O–H groups in total. The lowest BCUT2D eigenvalue weighted by molar-refractivity contribution is 0.442. The third kappa shape index (κ3) is 2.26. The van der Waals surface area contributed by atoms with Crippen molar-refractivity contribution in [2.75, 3.05) is 13.1 Å². The molecule has 1 rings (SSSR count). The van der Waals surface area contributed by atoms with Crippen molar-refractivity contribution < 1.29 is 0 Å². The van der Waals surface area contributed by atoms with Crippen LogP contribution in [0, 0.1) is 0 Å². The Bertz CT molecular complexity index is 211. The van der Waals surface area contributed by atoms with Crippen molar-refractivity contribution >= 4 is 0 Å². The third-order valence-corrected chi connectivity index (χ3v) is 1.68. The largest absolute Gasteiger partial charge is 0.369 e. The molecule has 11 heavy (non-hydrogen) atoms. The summed E-state index contributed by atoms with van der Waals surface area (Å²) in [5, 5.41) is 0. The normalized spacial score (nSPS) is 17.5. The molecule has 0 aliphatic carbocycles. The van der Waals surface area contributed by atoms with E-state index in [1.165, 1.54) is 11.1 Å². The molecule has 60 valence electrons. The average Bonchev–Trinajstić information content (AvgIpc) is 1.85. The summed E-state index contributed by atoms with van der Waals surface area (Å²) in [4.78, 5) is 2.26. The van der Waals surface area contributed by atoms with E-state index in [9.17, 15) is 0 Å². The van der Waals surface area contributed by atoms with Crippen molar-refractivity contribution in [1.29, 1.82) is 0 Å². The molecule has 1 aliphatic heterocycles. The highest BCUT2D eigenvalue weighted by Crippen LogP contribution is 2.11. The topological polar surface area (TPSA) is 3.24 Å². The van der Waals surface area contributed by atoms with Gasteiger partial charge in [0.05, 0.1) is 0 Å². The standard InChI is InChI=1S/C10H15N/c1-4-5-11-7-9(2)6-10(3)8-11/h4,6-7H,1,5,8H2,2-3H3. The monoisotopic (exact) mass is 149 g/mol. The fourth-order valence-corrected chi connectivity index (χ4v) is 1.41. The quantitative estimate of drug-likeness (QED) is 0.545. The van der Waals surface area contributed by atoms with Gasteiger partial charge < -0.3 is 4.90 Å². The summed E-state index contributed by atoms with van der Waals surface area (Å²) in [6.07, 6.45) is 6.33. The molecule has 0 spiro atoms. The fraction of sp³-hybridized carbons (Fsp3) is 0.400. The van der Waals surface area contributed by atoms with Crippen LogP contribution in [-0.4, -0.2) is 18.0 Å². The van der Waals surface area contributed by atoms with Crippen LogP contribution in [0.25, 0.3) is 0 Å². The lowest BCUT2D eigenvalue weighted by atomic mass is 10.1. The summed E-state index contributed by atoms with van der Waals surface area (Å²) in [5.41, 5.74) is 2.75. The molecule has 0 fully saturated rings. The number of rotatable bonds is 2. The molecule has 1 heteroatoms. The van der Waals surface area contributed by atoms with E-state index in [1.54, 1.807) is 0 Å². The lowest BCUT2D eigenvalue weighted by Crippen LogP contribution is -2.22. The maximum absolute atomic E-state index is 3.71. The van der Waals surface area contributed by atoms with Crippen molar-refractivity contribution in [3.63, 3.8) is 0 Å². The van der Waals surface area contributed by atoms with Crippen molar-refractivity contribution in [2.24, 2.45) is 0 Å². The zero-order chi connectivity index (χ0) is 8.27. The van der Waals surface area contributed by atoms with Crippen LogP contribution in [0.5, 0.6) is 0 Å². The minimum absolute atomic E-state index is 0.947. The Morgan fingerprint density at radius 3 is 2.91 bits per heavy atom. The zero-order valence-corrected chi connectivity index (χ0v) is 7.30. The predicted molar refractivity (Wildman–Crippen MR) is 49.3 cm³/mol. The maximum Gasteiger partial charge on any atom is 0.0387 e. The highest BCUT2D eigenvalue weighted by molar-refractivity contribution is 5.25. The SMILES string of the molecule is C=CCN1C=C(C)C=C(C)C1. The van der Waals surface area contributed by atoms with Crippen LogP contribution in [0.3, 0.4) is 0 Å². The van der Waals surface area contributed by atoms with Crippen LogP contribution >= 0.6 is 0 Å². The molecular formula is C10H15N. The molecule has 1 nitrogen and oxygen atoms in total. The van der Waals surface area contributed by atoms with Crippen LogP contribution in [0.15, 0.2) is 36.1 Å². The summed E-state index contributed by atoms with van der Waals surface area (Å²) in [6.45, 7) is 9.99. The molecule has 0 aromatic rings. The molecule has 0 unspecified atom stereocenters.